The van der Waals surface area contributed by atoms with Crippen LogP contribution in [0.15, 0.2) is 65.1 Å². The van der Waals surface area contributed by atoms with Crippen molar-refractivity contribution < 1.29 is 13.9 Å². The lowest BCUT2D eigenvalue weighted by atomic mass is 9.90. The lowest BCUT2D eigenvalue weighted by Gasteiger charge is -2.16. The number of anilines is 1. The van der Waals surface area contributed by atoms with Crippen LogP contribution in [-0.4, -0.2) is 23.2 Å². The molecule has 6 heteroatoms. The summed E-state index contributed by atoms with van der Waals surface area (Å²) in [4.78, 5) is 12.8. The van der Waals surface area contributed by atoms with E-state index in [-0.39, 0.29) is 18.5 Å². The van der Waals surface area contributed by atoms with Crippen LogP contribution in [0.2, 0.25) is 0 Å². The van der Waals surface area contributed by atoms with Crippen LogP contribution < -0.4 is 5.32 Å². The highest BCUT2D eigenvalue weighted by atomic mass is 16.5. The zero-order chi connectivity index (χ0) is 16.8. The second-order valence-electron chi connectivity index (χ2n) is 5.18. The number of hydrogen-bond donors (Lipinski definition) is 1. The quantitative estimate of drug-likeness (QED) is 0.754. The maximum Gasteiger partial charge on any atom is 0.322 e. The first kappa shape index (κ1) is 15.9. The van der Waals surface area contributed by atoms with Crippen molar-refractivity contribution in [3.8, 4) is 0 Å². The van der Waals surface area contributed by atoms with Gasteiger partial charge < -0.3 is 9.15 Å². The zero-order valence-electron chi connectivity index (χ0n) is 13.2. The molecule has 122 valence electrons. The average Bonchev–Trinajstić information content (AvgIpc) is 3.04. The molecule has 1 aromatic heterocycles. The van der Waals surface area contributed by atoms with Gasteiger partial charge in [-0.3, -0.25) is 10.1 Å². The van der Waals surface area contributed by atoms with Crippen LogP contribution in [0.3, 0.4) is 0 Å². The Kier molecular flexibility index (Phi) is 4.98. The minimum Gasteiger partial charge on any atom is -0.405 e. The van der Waals surface area contributed by atoms with Gasteiger partial charge in [-0.25, -0.2) is 0 Å². The number of nitrogens with zero attached hydrogens (tertiary/aromatic N) is 2. The monoisotopic (exact) mass is 323 g/mol. The second-order valence-corrected chi connectivity index (χ2v) is 5.18. The Labute approximate surface area is 139 Å². The van der Waals surface area contributed by atoms with Crippen molar-refractivity contribution in [2.45, 2.75) is 12.5 Å². The Morgan fingerprint density at radius 3 is 2.17 bits per heavy atom. The van der Waals surface area contributed by atoms with Crippen molar-refractivity contribution >= 4 is 11.9 Å². The van der Waals surface area contributed by atoms with Gasteiger partial charge in [-0.15, -0.1) is 5.10 Å². The van der Waals surface area contributed by atoms with Crippen LogP contribution in [0.5, 0.6) is 0 Å². The van der Waals surface area contributed by atoms with Gasteiger partial charge in [0.05, 0.1) is 5.92 Å². The van der Waals surface area contributed by atoms with E-state index < -0.39 is 5.92 Å². The summed E-state index contributed by atoms with van der Waals surface area (Å²) in [5.41, 5.74) is 1.77. The average molecular weight is 323 g/mol. The third-order valence-electron chi connectivity index (χ3n) is 3.49. The van der Waals surface area contributed by atoms with E-state index in [4.69, 9.17) is 9.15 Å². The van der Waals surface area contributed by atoms with E-state index in [1.807, 2.05) is 60.7 Å². The third-order valence-corrected chi connectivity index (χ3v) is 3.49. The van der Waals surface area contributed by atoms with Crippen LogP contribution in [0.1, 0.15) is 22.9 Å². The summed E-state index contributed by atoms with van der Waals surface area (Å²) in [7, 11) is 1.53. The van der Waals surface area contributed by atoms with Crippen LogP contribution in [0.4, 0.5) is 6.01 Å². The van der Waals surface area contributed by atoms with Gasteiger partial charge in [-0.05, 0) is 11.1 Å². The highest BCUT2D eigenvalue weighted by Crippen LogP contribution is 2.26. The topological polar surface area (TPSA) is 77.3 Å². The normalized spacial score (nSPS) is 10.8. The second kappa shape index (κ2) is 7.52. The van der Waals surface area contributed by atoms with Gasteiger partial charge in [0.25, 0.3) is 0 Å². The molecule has 0 unspecified atom stereocenters. The van der Waals surface area contributed by atoms with Crippen molar-refractivity contribution in [1.82, 2.24) is 10.2 Å². The number of carbonyl (C=O) groups excluding carboxylic acids is 1. The van der Waals surface area contributed by atoms with E-state index in [0.29, 0.717) is 5.89 Å². The van der Waals surface area contributed by atoms with Gasteiger partial charge in [0, 0.05) is 7.11 Å². The van der Waals surface area contributed by atoms with Crippen molar-refractivity contribution in [2.75, 3.05) is 12.4 Å². The first-order valence-electron chi connectivity index (χ1n) is 7.50. The maximum absolute atomic E-state index is 12.8. The summed E-state index contributed by atoms with van der Waals surface area (Å²) in [5, 5.41) is 10.3. The van der Waals surface area contributed by atoms with E-state index in [9.17, 15) is 4.79 Å². The SMILES string of the molecule is COCc1nnc(NC(=O)C(c2ccccc2)c2ccccc2)o1. The predicted molar refractivity (Wildman–Crippen MR) is 88.4 cm³/mol. The maximum atomic E-state index is 12.8. The number of amides is 1. The van der Waals surface area contributed by atoms with Gasteiger partial charge in [0.15, 0.2) is 0 Å². The van der Waals surface area contributed by atoms with E-state index in [1.54, 1.807) is 0 Å². The highest BCUT2D eigenvalue weighted by Gasteiger charge is 2.24. The number of rotatable bonds is 6. The van der Waals surface area contributed by atoms with Crippen LogP contribution in [0.25, 0.3) is 0 Å². The number of ether oxygens (including phenoxy) is 1. The smallest absolute Gasteiger partial charge is 0.322 e. The Morgan fingerprint density at radius 2 is 1.62 bits per heavy atom. The Hall–Kier alpha value is -2.99. The minimum atomic E-state index is -0.467. The van der Waals surface area contributed by atoms with Gasteiger partial charge >= 0.3 is 6.01 Å². The molecule has 0 fully saturated rings. The molecule has 0 spiro atoms. The molecule has 0 aliphatic heterocycles. The van der Waals surface area contributed by atoms with Gasteiger partial charge in [-0.1, -0.05) is 65.8 Å². The highest BCUT2D eigenvalue weighted by molar-refractivity contribution is 5.96. The Morgan fingerprint density at radius 1 is 1.04 bits per heavy atom. The number of aromatic nitrogens is 2. The first-order valence-corrected chi connectivity index (χ1v) is 7.50. The fourth-order valence-corrected chi connectivity index (χ4v) is 2.45. The molecule has 0 radical (unpaired) electrons. The summed E-state index contributed by atoms with van der Waals surface area (Å²) in [6, 6.07) is 19.2. The molecule has 6 nitrogen and oxygen atoms in total. The van der Waals surface area contributed by atoms with Crippen molar-refractivity contribution in [3.63, 3.8) is 0 Å². The molecule has 1 N–H and O–H groups in total. The summed E-state index contributed by atoms with van der Waals surface area (Å²) >= 11 is 0. The number of benzene rings is 2. The summed E-state index contributed by atoms with van der Waals surface area (Å²) in [6.45, 7) is 0.198. The number of carbonyl (C=O) groups is 1. The van der Waals surface area contributed by atoms with E-state index >= 15 is 0 Å². The lowest BCUT2D eigenvalue weighted by Crippen LogP contribution is -2.22. The van der Waals surface area contributed by atoms with E-state index in [2.05, 4.69) is 15.5 Å². The summed E-state index contributed by atoms with van der Waals surface area (Å²) < 4.78 is 10.3. The molecule has 0 atom stereocenters. The molecule has 2 aromatic carbocycles. The van der Waals surface area contributed by atoms with Crippen LogP contribution >= 0.6 is 0 Å². The van der Waals surface area contributed by atoms with Crippen LogP contribution in [-0.2, 0) is 16.1 Å². The lowest BCUT2D eigenvalue weighted by molar-refractivity contribution is -0.116. The predicted octanol–water partition coefficient (Wildman–Crippen LogP) is 2.99. The fourth-order valence-electron chi connectivity index (χ4n) is 2.45. The Bertz CT molecular complexity index is 748. The molecular formula is C18H17N3O3. The number of hydrogen-bond acceptors (Lipinski definition) is 5. The summed E-state index contributed by atoms with van der Waals surface area (Å²) in [5.74, 6) is -0.394. The van der Waals surface area contributed by atoms with Gasteiger partial charge in [0.1, 0.15) is 6.61 Å². The molecule has 0 aliphatic carbocycles. The molecule has 0 bridgehead atoms. The molecule has 1 heterocycles. The Balaban J connectivity index is 1.86. The standard InChI is InChI=1S/C18H17N3O3/c1-23-12-15-20-21-18(24-15)19-17(22)16(13-8-4-2-5-9-13)14-10-6-3-7-11-14/h2-11,16H,12H2,1H3,(H,19,21,22). The number of methoxy groups -OCH3 is 1. The molecule has 3 aromatic rings. The first-order chi connectivity index (χ1) is 11.8. The van der Waals surface area contributed by atoms with Crippen molar-refractivity contribution in [1.29, 1.82) is 0 Å². The molecular weight excluding hydrogens is 306 g/mol. The molecule has 3 rings (SSSR count). The van der Waals surface area contributed by atoms with Crippen LogP contribution in [0, 0.1) is 0 Å². The molecule has 0 saturated carbocycles. The van der Waals surface area contributed by atoms with Crippen molar-refractivity contribution in [3.05, 3.63) is 77.7 Å². The molecule has 1 amide bonds. The third kappa shape index (κ3) is 3.67. The minimum absolute atomic E-state index is 0.0592. The van der Waals surface area contributed by atoms with E-state index in [0.717, 1.165) is 11.1 Å². The number of nitrogens with one attached hydrogen (secondary N) is 1. The largest absolute Gasteiger partial charge is 0.405 e. The van der Waals surface area contributed by atoms with E-state index in [1.165, 1.54) is 7.11 Å². The summed E-state index contributed by atoms with van der Waals surface area (Å²) in [6.07, 6.45) is 0. The molecule has 0 aliphatic rings. The van der Waals surface area contributed by atoms with Crippen molar-refractivity contribution in [2.24, 2.45) is 0 Å². The zero-order valence-corrected chi connectivity index (χ0v) is 13.2. The van der Waals surface area contributed by atoms with Gasteiger partial charge in [0.2, 0.25) is 11.8 Å². The fraction of sp³-hybridized carbons (Fsp3) is 0.167. The molecule has 24 heavy (non-hydrogen) atoms. The van der Waals surface area contributed by atoms with Gasteiger partial charge in [-0.2, -0.15) is 0 Å². The molecule has 0 saturated heterocycles.